The molecule has 0 bridgehead atoms. The Balaban J connectivity index is 1.66. The van der Waals surface area contributed by atoms with E-state index in [2.05, 4.69) is 20.3 Å². The average Bonchev–Trinajstić information content (AvgIpc) is 3.07. The monoisotopic (exact) mass is 347 g/mol. The maximum Gasteiger partial charge on any atom is 0.409 e. The van der Waals surface area contributed by atoms with E-state index in [1.807, 2.05) is 6.92 Å². The molecule has 2 heterocycles. The number of hydrogen-bond donors (Lipinski definition) is 1. The number of alkyl halides is 3. The first-order valence-electron chi connectivity index (χ1n) is 8.54. The van der Waals surface area contributed by atoms with Crippen molar-refractivity contribution in [2.24, 2.45) is 5.92 Å². The molecule has 1 aliphatic heterocycles. The number of rotatable bonds is 4. The summed E-state index contributed by atoms with van der Waals surface area (Å²) in [5, 5.41) is 21.8. The topological polar surface area (TPSA) is 67.1 Å². The van der Waals surface area contributed by atoms with Crippen LogP contribution < -0.4 is 0 Å². The third-order valence-electron chi connectivity index (χ3n) is 5.29. The molecule has 3 atom stereocenters. The normalized spacial score (nSPS) is 32.4. The summed E-state index contributed by atoms with van der Waals surface area (Å²) in [7, 11) is 0. The average molecular weight is 347 g/mol. The van der Waals surface area contributed by atoms with Gasteiger partial charge in [-0.2, -0.15) is 18.0 Å². The Morgan fingerprint density at radius 3 is 2.75 bits per heavy atom. The lowest BCUT2D eigenvalue weighted by molar-refractivity contribution is -0.145. The van der Waals surface area contributed by atoms with Gasteiger partial charge in [-0.15, -0.1) is 10.2 Å². The van der Waals surface area contributed by atoms with Crippen molar-refractivity contribution in [2.45, 2.75) is 76.4 Å². The van der Waals surface area contributed by atoms with Gasteiger partial charge in [0.1, 0.15) is 0 Å². The number of halogens is 3. The standard InChI is InChI=1S/C15H24F3N5O/c1-14(24)7-3-2-5-11(14)12-6-4-8-22(12)9-13-19-21-23(20-13)10-15(16,17)18/h11-12,24H,2-10H2,1H3/t11-,12-,14+/m1/s1. The highest BCUT2D eigenvalue weighted by molar-refractivity contribution is 4.97. The third-order valence-corrected chi connectivity index (χ3v) is 5.29. The van der Waals surface area contributed by atoms with E-state index in [0.29, 0.717) is 17.2 Å². The Labute approximate surface area is 139 Å². The Morgan fingerprint density at radius 2 is 2.04 bits per heavy atom. The van der Waals surface area contributed by atoms with Gasteiger partial charge < -0.3 is 5.11 Å². The van der Waals surface area contributed by atoms with Crippen LogP contribution >= 0.6 is 0 Å². The van der Waals surface area contributed by atoms with Gasteiger partial charge in [-0.1, -0.05) is 12.8 Å². The first-order valence-corrected chi connectivity index (χ1v) is 8.54. The van der Waals surface area contributed by atoms with E-state index in [1.165, 1.54) is 0 Å². The molecule has 6 nitrogen and oxygen atoms in total. The van der Waals surface area contributed by atoms with E-state index < -0.39 is 18.3 Å². The van der Waals surface area contributed by atoms with Gasteiger partial charge in [-0.3, -0.25) is 4.90 Å². The second-order valence-electron chi connectivity index (χ2n) is 7.24. The SMILES string of the molecule is C[C@]1(O)CCCC[C@@H]1[C@H]1CCCN1Cc1nnn(CC(F)(F)F)n1. The van der Waals surface area contributed by atoms with Crippen molar-refractivity contribution in [1.82, 2.24) is 25.1 Å². The Morgan fingerprint density at radius 1 is 1.25 bits per heavy atom. The number of aliphatic hydroxyl groups is 1. The van der Waals surface area contributed by atoms with Crippen LogP contribution in [0.15, 0.2) is 0 Å². The van der Waals surface area contributed by atoms with Gasteiger partial charge in [0, 0.05) is 12.0 Å². The quantitative estimate of drug-likeness (QED) is 0.904. The lowest BCUT2D eigenvalue weighted by atomic mass is 9.72. The van der Waals surface area contributed by atoms with Crippen molar-refractivity contribution < 1.29 is 18.3 Å². The van der Waals surface area contributed by atoms with Crippen molar-refractivity contribution in [3.63, 3.8) is 0 Å². The maximum atomic E-state index is 12.4. The van der Waals surface area contributed by atoms with Crippen molar-refractivity contribution in [1.29, 1.82) is 0 Å². The van der Waals surface area contributed by atoms with E-state index in [-0.39, 0.29) is 12.0 Å². The molecular weight excluding hydrogens is 323 g/mol. The van der Waals surface area contributed by atoms with Crippen LogP contribution in [0.3, 0.4) is 0 Å². The molecule has 0 radical (unpaired) electrons. The minimum Gasteiger partial charge on any atom is -0.390 e. The van der Waals surface area contributed by atoms with Crippen LogP contribution in [0.2, 0.25) is 0 Å². The van der Waals surface area contributed by atoms with Crippen molar-refractivity contribution in [3.05, 3.63) is 5.82 Å². The fourth-order valence-corrected chi connectivity index (χ4v) is 4.20. The van der Waals surface area contributed by atoms with E-state index in [4.69, 9.17) is 0 Å². The zero-order chi connectivity index (χ0) is 17.4. The minimum atomic E-state index is -4.35. The number of likely N-dealkylation sites (tertiary alicyclic amines) is 1. The first-order chi connectivity index (χ1) is 11.2. The molecule has 1 saturated heterocycles. The summed E-state index contributed by atoms with van der Waals surface area (Å²) >= 11 is 0. The summed E-state index contributed by atoms with van der Waals surface area (Å²) in [6, 6.07) is 0.231. The molecule has 24 heavy (non-hydrogen) atoms. The van der Waals surface area contributed by atoms with Gasteiger partial charge in [-0.05, 0) is 44.4 Å². The summed E-state index contributed by atoms with van der Waals surface area (Å²) in [6.45, 7) is 1.92. The van der Waals surface area contributed by atoms with Crippen molar-refractivity contribution >= 4 is 0 Å². The fraction of sp³-hybridized carbons (Fsp3) is 0.933. The molecule has 1 N–H and O–H groups in total. The minimum absolute atomic E-state index is 0.193. The number of hydrogen-bond acceptors (Lipinski definition) is 5. The van der Waals surface area contributed by atoms with Gasteiger partial charge in [0.25, 0.3) is 0 Å². The Bertz CT molecular complexity index is 560. The van der Waals surface area contributed by atoms with Crippen LogP contribution in [0.5, 0.6) is 0 Å². The predicted octanol–water partition coefficient (Wildman–Crippen LogP) is 2.14. The van der Waals surface area contributed by atoms with E-state index in [1.54, 1.807) is 0 Å². The molecule has 2 fully saturated rings. The third kappa shape index (κ3) is 4.05. The summed E-state index contributed by atoms with van der Waals surface area (Å²) < 4.78 is 37.1. The van der Waals surface area contributed by atoms with Crippen LogP contribution in [-0.2, 0) is 13.1 Å². The summed E-state index contributed by atoms with van der Waals surface area (Å²) in [5.41, 5.74) is -0.674. The predicted molar refractivity (Wildman–Crippen MR) is 79.9 cm³/mol. The van der Waals surface area contributed by atoms with Crippen LogP contribution in [0.1, 0.15) is 51.3 Å². The highest BCUT2D eigenvalue weighted by Gasteiger charge is 2.43. The largest absolute Gasteiger partial charge is 0.409 e. The summed E-state index contributed by atoms with van der Waals surface area (Å²) in [4.78, 5) is 2.79. The zero-order valence-electron chi connectivity index (χ0n) is 13.8. The summed E-state index contributed by atoms with van der Waals surface area (Å²) in [6.07, 6.45) is 1.62. The molecule has 0 aromatic carbocycles. The Kier molecular flexibility index (Phi) is 4.83. The van der Waals surface area contributed by atoms with Crippen LogP contribution in [0.25, 0.3) is 0 Å². The summed E-state index contributed by atoms with van der Waals surface area (Å²) in [5.74, 6) is 0.501. The number of tetrazole rings is 1. The van der Waals surface area contributed by atoms with Crippen molar-refractivity contribution in [3.8, 4) is 0 Å². The molecule has 1 aliphatic carbocycles. The van der Waals surface area contributed by atoms with E-state index in [0.717, 1.165) is 45.1 Å². The van der Waals surface area contributed by atoms with Gasteiger partial charge in [-0.25, -0.2) is 0 Å². The van der Waals surface area contributed by atoms with E-state index >= 15 is 0 Å². The van der Waals surface area contributed by atoms with Crippen LogP contribution in [-0.4, -0.2) is 54.6 Å². The van der Waals surface area contributed by atoms with E-state index in [9.17, 15) is 18.3 Å². The molecule has 136 valence electrons. The highest BCUT2D eigenvalue weighted by Crippen LogP contribution is 2.40. The van der Waals surface area contributed by atoms with Crippen LogP contribution in [0, 0.1) is 5.92 Å². The molecule has 0 unspecified atom stereocenters. The molecular formula is C15H24F3N5O. The van der Waals surface area contributed by atoms with Crippen LogP contribution in [0.4, 0.5) is 13.2 Å². The number of aromatic nitrogens is 4. The molecule has 0 spiro atoms. The molecule has 1 saturated carbocycles. The zero-order valence-corrected chi connectivity index (χ0v) is 13.8. The second-order valence-corrected chi connectivity index (χ2v) is 7.24. The molecule has 3 rings (SSSR count). The van der Waals surface area contributed by atoms with Crippen molar-refractivity contribution in [2.75, 3.05) is 6.54 Å². The van der Waals surface area contributed by atoms with Gasteiger partial charge in [0.2, 0.25) is 0 Å². The number of nitrogens with zero attached hydrogens (tertiary/aromatic N) is 5. The Hall–Kier alpha value is -1.22. The molecule has 1 aromatic heterocycles. The van der Waals surface area contributed by atoms with Gasteiger partial charge in [0.15, 0.2) is 12.4 Å². The first kappa shape index (κ1) is 17.6. The molecule has 9 heteroatoms. The highest BCUT2D eigenvalue weighted by atomic mass is 19.4. The molecule has 1 aromatic rings. The molecule has 0 amide bonds. The fourth-order valence-electron chi connectivity index (χ4n) is 4.20. The van der Waals surface area contributed by atoms with Gasteiger partial charge >= 0.3 is 6.18 Å². The second kappa shape index (κ2) is 6.59. The van der Waals surface area contributed by atoms with Gasteiger partial charge in [0.05, 0.1) is 12.1 Å². The smallest absolute Gasteiger partial charge is 0.390 e. The lowest BCUT2D eigenvalue weighted by Crippen LogP contribution is -2.48. The molecule has 2 aliphatic rings. The lowest BCUT2D eigenvalue weighted by Gasteiger charge is -2.43. The maximum absolute atomic E-state index is 12.4.